The van der Waals surface area contributed by atoms with Crippen molar-refractivity contribution in [1.29, 1.82) is 0 Å². The third-order valence-corrected chi connectivity index (χ3v) is 4.08. The number of ether oxygens (including phenoxy) is 1. The Morgan fingerprint density at radius 3 is 2.77 bits per heavy atom. The Kier molecular flexibility index (Phi) is 9.45. The summed E-state index contributed by atoms with van der Waals surface area (Å²) in [6.07, 6.45) is 2.24. The molecule has 0 aliphatic rings. The molecule has 0 saturated carbocycles. The second kappa shape index (κ2) is 12.1. The van der Waals surface area contributed by atoms with Crippen LogP contribution in [0.3, 0.4) is 0 Å². The van der Waals surface area contributed by atoms with Crippen LogP contribution in [0.2, 0.25) is 0 Å². The van der Waals surface area contributed by atoms with Crippen molar-refractivity contribution in [3.63, 3.8) is 0 Å². The molecule has 10 heteroatoms. The molecule has 0 amide bonds. The number of nitrogens with one attached hydrogen (secondary N) is 1. The van der Waals surface area contributed by atoms with Crippen LogP contribution in [-0.4, -0.2) is 59.8 Å². The summed E-state index contributed by atoms with van der Waals surface area (Å²) in [4.78, 5) is 14.7. The number of halogens is 2. The van der Waals surface area contributed by atoms with Crippen LogP contribution in [0.1, 0.15) is 5.82 Å². The van der Waals surface area contributed by atoms with E-state index in [-0.39, 0.29) is 35.5 Å². The zero-order chi connectivity index (χ0) is 20.5. The van der Waals surface area contributed by atoms with E-state index in [9.17, 15) is 4.39 Å². The van der Waals surface area contributed by atoms with Gasteiger partial charge in [-0.25, -0.2) is 4.39 Å². The largest absolute Gasteiger partial charge is 0.489 e. The second-order valence-electron chi connectivity index (χ2n) is 6.16. The number of hydrogen-bond donors (Lipinski definition) is 1. The molecule has 8 nitrogen and oxygen atoms in total. The Bertz CT molecular complexity index is 938. The molecule has 0 atom stereocenters. The number of rotatable bonds is 8. The Labute approximate surface area is 191 Å². The number of aromatic nitrogens is 3. The van der Waals surface area contributed by atoms with E-state index in [4.69, 9.17) is 9.26 Å². The van der Waals surface area contributed by atoms with Crippen molar-refractivity contribution in [3.8, 4) is 17.3 Å². The molecular weight excluding hydrogens is 502 g/mol. The van der Waals surface area contributed by atoms with Crippen molar-refractivity contribution in [2.24, 2.45) is 4.99 Å². The Morgan fingerprint density at radius 2 is 2.03 bits per heavy atom. The Balaban J connectivity index is 0.00000320. The molecule has 0 aliphatic carbocycles. The quantitative estimate of drug-likeness (QED) is 0.274. The fourth-order valence-electron chi connectivity index (χ4n) is 2.58. The normalized spacial score (nSPS) is 11.0. The van der Waals surface area contributed by atoms with E-state index in [2.05, 4.69) is 25.4 Å². The number of benzene rings is 1. The molecule has 1 N–H and O–H groups in total. The minimum Gasteiger partial charge on any atom is -0.489 e. The number of pyridine rings is 1. The number of hydrogen-bond acceptors (Lipinski definition) is 6. The summed E-state index contributed by atoms with van der Waals surface area (Å²) in [7, 11) is 3.58. The van der Waals surface area contributed by atoms with Crippen LogP contribution in [0.4, 0.5) is 4.39 Å². The van der Waals surface area contributed by atoms with Gasteiger partial charge in [0.05, 0.1) is 6.54 Å². The average Bonchev–Trinajstić information content (AvgIpc) is 3.22. The van der Waals surface area contributed by atoms with Crippen molar-refractivity contribution in [2.45, 2.75) is 6.42 Å². The summed E-state index contributed by atoms with van der Waals surface area (Å²) in [5.41, 5.74) is 0.643. The van der Waals surface area contributed by atoms with Gasteiger partial charge in [-0.15, -0.1) is 24.0 Å². The third-order valence-electron chi connectivity index (χ3n) is 4.08. The lowest BCUT2D eigenvalue weighted by molar-refractivity contribution is 0.270. The minimum atomic E-state index is -0.372. The van der Waals surface area contributed by atoms with E-state index >= 15 is 0 Å². The van der Waals surface area contributed by atoms with E-state index < -0.39 is 0 Å². The van der Waals surface area contributed by atoms with E-state index in [0.717, 1.165) is 0 Å². The maximum atomic E-state index is 13.6. The monoisotopic (exact) mass is 526 g/mol. The first-order valence-corrected chi connectivity index (χ1v) is 9.20. The van der Waals surface area contributed by atoms with Gasteiger partial charge in [-0.1, -0.05) is 23.4 Å². The highest BCUT2D eigenvalue weighted by Gasteiger charge is 2.11. The van der Waals surface area contributed by atoms with Crippen LogP contribution in [0, 0.1) is 5.82 Å². The van der Waals surface area contributed by atoms with Gasteiger partial charge < -0.3 is 19.5 Å². The first-order chi connectivity index (χ1) is 14.2. The summed E-state index contributed by atoms with van der Waals surface area (Å²) in [6, 6.07) is 11.8. The molecule has 160 valence electrons. The Morgan fingerprint density at radius 1 is 1.23 bits per heavy atom. The van der Waals surface area contributed by atoms with Crippen LogP contribution < -0.4 is 10.1 Å². The predicted molar refractivity (Wildman–Crippen MR) is 123 cm³/mol. The Hall–Kier alpha value is -2.76. The topological polar surface area (TPSA) is 88.7 Å². The van der Waals surface area contributed by atoms with Gasteiger partial charge in [0.25, 0.3) is 5.89 Å². The average molecular weight is 526 g/mol. The number of para-hydroxylation sites is 1. The number of aliphatic imine (C=N–C) groups is 1. The minimum absolute atomic E-state index is 0. The van der Waals surface area contributed by atoms with Crippen molar-refractivity contribution in [2.75, 3.05) is 33.8 Å². The van der Waals surface area contributed by atoms with Crippen molar-refractivity contribution < 1.29 is 13.7 Å². The molecule has 2 aromatic heterocycles. The first kappa shape index (κ1) is 23.5. The van der Waals surface area contributed by atoms with Gasteiger partial charge in [0.2, 0.25) is 0 Å². The highest BCUT2D eigenvalue weighted by Crippen LogP contribution is 2.15. The second-order valence-corrected chi connectivity index (χ2v) is 6.16. The summed E-state index contributed by atoms with van der Waals surface area (Å²) in [5, 5.41) is 7.21. The van der Waals surface area contributed by atoms with Gasteiger partial charge in [0, 0.05) is 33.3 Å². The van der Waals surface area contributed by atoms with E-state index in [1.165, 1.54) is 6.07 Å². The SMILES string of the molecule is CN=C(NCCc1noc(-c2ccccn2)n1)N(C)CCOc1ccccc1F.I. The highest BCUT2D eigenvalue weighted by molar-refractivity contribution is 14.0. The lowest BCUT2D eigenvalue weighted by Gasteiger charge is -2.22. The molecule has 0 fully saturated rings. The maximum Gasteiger partial charge on any atom is 0.276 e. The standard InChI is InChI=1S/C20H23FN6O2.HI/c1-22-20(27(2)13-14-28-17-9-4-3-7-15(17)21)24-12-10-18-25-19(29-26-18)16-8-5-6-11-23-16;/h3-9,11H,10,12-14H2,1-2H3,(H,22,24);1H. The van der Waals surface area contributed by atoms with Crippen LogP contribution in [-0.2, 0) is 6.42 Å². The molecule has 1 aromatic carbocycles. The smallest absolute Gasteiger partial charge is 0.276 e. The van der Waals surface area contributed by atoms with E-state index in [1.807, 2.05) is 30.1 Å². The summed E-state index contributed by atoms with van der Waals surface area (Å²) in [5.74, 6) is 1.54. The van der Waals surface area contributed by atoms with E-state index in [1.54, 1.807) is 31.4 Å². The summed E-state index contributed by atoms with van der Waals surface area (Å²) < 4.78 is 24.3. The molecule has 0 aliphatic heterocycles. The van der Waals surface area contributed by atoms with Gasteiger partial charge in [-0.3, -0.25) is 9.98 Å². The number of nitrogens with zero attached hydrogens (tertiary/aromatic N) is 5. The van der Waals surface area contributed by atoms with Gasteiger partial charge >= 0.3 is 0 Å². The highest BCUT2D eigenvalue weighted by atomic mass is 127. The number of guanidine groups is 1. The number of likely N-dealkylation sites (N-methyl/N-ethyl adjacent to an activating group) is 1. The van der Waals surface area contributed by atoms with Gasteiger partial charge in [-0.2, -0.15) is 4.98 Å². The zero-order valence-corrected chi connectivity index (χ0v) is 19.1. The van der Waals surface area contributed by atoms with Gasteiger partial charge in [0.1, 0.15) is 12.3 Å². The molecule has 30 heavy (non-hydrogen) atoms. The molecule has 0 bridgehead atoms. The molecule has 0 spiro atoms. The molecule has 0 unspecified atom stereocenters. The van der Waals surface area contributed by atoms with Gasteiger partial charge in [-0.05, 0) is 24.3 Å². The third kappa shape index (κ3) is 6.65. The fourth-order valence-corrected chi connectivity index (χ4v) is 2.58. The van der Waals surface area contributed by atoms with Crippen LogP contribution in [0.5, 0.6) is 5.75 Å². The van der Waals surface area contributed by atoms with Crippen LogP contribution in [0.15, 0.2) is 58.2 Å². The molecular formula is C20H24FIN6O2. The predicted octanol–water partition coefficient (Wildman–Crippen LogP) is 3.02. The van der Waals surface area contributed by atoms with E-state index in [0.29, 0.717) is 49.5 Å². The lowest BCUT2D eigenvalue weighted by Crippen LogP contribution is -2.41. The maximum absolute atomic E-state index is 13.6. The van der Waals surface area contributed by atoms with Crippen molar-refractivity contribution in [1.82, 2.24) is 25.3 Å². The first-order valence-electron chi connectivity index (χ1n) is 9.20. The molecule has 0 saturated heterocycles. The summed E-state index contributed by atoms with van der Waals surface area (Å²) >= 11 is 0. The summed E-state index contributed by atoms with van der Waals surface area (Å²) in [6.45, 7) is 1.45. The fraction of sp³-hybridized carbons (Fsp3) is 0.300. The van der Waals surface area contributed by atoms with Gasteiger partial charge in [0.15, 0.2) is 23.4 Å². The van der Waals surface area contributed by atoms with Crippen LogP contribution >= 0.6 is 24.0 Å². The lowest BCUT2D eigenvalue weighted by atomic mass is 10.3. The van der Waals surface area contributed by atoms with Crippen molar-refractivity contribution >= 4 is 29.9 Å². The van der Waals surface area contributed by atoms with Crippen molar-refractivity contribution in [3.05, 3.63) is 60.3 Å². The molecule has 3 aromatic rings. The molecule has 2 heterocycles. The van der Waals surface area contributed by atoms with Crippen LogP contribution in [0.25, 0.3) is 11.6 Å². The molecule has 0 radical (unpaired) electrons. The zero-order valence-electron chi connectivity index (χ0n) is 16.8. The molecule has 3 rings (SSSR count).